The summed E-state index contributed by atoms with van der Waals surface area (Å²) in [6, 6.07) is 10.2. The molecule has 0 heterocycles. The lowest BCUT2D eigenvalue weighted by atomic mass is 9.77. The molecule has 1 saturated carbocycles. The van der Waals surface area contributed by atoms with Crippen molar-refractivity contribution in [3.63, 3.8) is 0 Å². The van der Waals surface area contributed by atoms with E-state index >= 15 is 0 Å². The Morgan fingerprint density at radius 2 is 1.92 bits per heavy atom. The molecule has 0 radical (unpaired) electrons. The molecule has 0 amide bonds. The molecule has 0 saturated heterocycles. The topological polar surface area (TPSA) is 9.23 Å². The van der Waals surface area contributed by atoms with Gasteiger partial charge >= 0.3 is 6.61 Å². The Kier molecular flexibility index (Phi) is 6.29. The minimum absolute atomic E-state index is 0.320. The fourth-order valence-corrected chi connectivity index (χ4v) is 4.21. The molecule has 1 aliphatic rings. The van der Waals surface area contributed by atoms with Gasteiger partial charge in [-0.15, -0.1) is 6.58 Å². The molecule has 3 heteroatoms. The summed E-state index contributed by atoms with van der Waals surface area (Å²) in [4.78, 5) is 0. The molecule has 0 unspecified atom stereocenters. The number of ether oxygens (including phenoxy) is 1. The zero-order valence-electron chi connectivity index (χ0n) is 15.5. The zero-order valence-corrected chi connectivity index (χ0v) is 15.5. The van der Waals surface area contributed by atoms with E-state index < -0.39 is 6.61 Å². The van der Waals surface area contributed by atoms with Crippen molar-refractivity contribution in [3.8, 4) is 5.75 Å². The van der Waals surface area contributed by atoms with Crippen LogP contribution in [0.5, 0.6) is 5.75 Å². The van der Waals surface area contributed by atoms with Crippen LogP contribution in [0.15, 0.2) is 43.0 Å². The van der Waals surface area contributed by atoms with Gasteiger partial charge in [-0.1, -0.05) is 49.8 Å². The number of alkyl halides is 2. The lowest BCUT2D eigenvalue weighted by Gasteiger charge is -2.28. The van der Waals surface area contributed by atoms with Crippen LogP contribution in [0.4, 0.5) is 8.78 Å². The van der Waals surface area contributed by atoms with Crippen LogP contribution < -0.4 is 4.74 Å². The zero-order chi connectivity index (χ0) is 18.5. The third-order valence-electron chi connectivity index (χ3n) is 5.80. The second kappa shape index (κ2) is 8.66. The number of hydrogen-bond acceptors (Lipinski definition) is 1. The Morgan fingerprint density at radius 1 is 1.15 bits per heavy atom. The first-order valence-electron chi connectivity index (χ1n) is 9.73. The van der Waals surface area contributed by atoms with Gasteiger partial charge in [-0.25, -0.2) is 0 Å². The van der Waals surface area contributed by atoms with E-state index in [9.17, 15) is 8.78 Å². The first-order chi connectivity index (χ1) is 12.6. The summed E-state index contributed by atoms with van der Waals surface area (Å²) in [5.74, 6) is 1.77. The maximum absolute atomic E-state index is 12.9. The van der Waals surface area contributed by atoms with E-state index in [0.29, 0.717) is 18.1 Å². The lowest BCUT2D eigenvalue weighted by molar-refractivity contribution is -0.0493. The first-order valence-corrected chi connectivity index (χ1v) is 9.73. The van der Waals surface area contributed by atoms with Crippen molar-refractivity contribution >= 4 is 10.8 Å². The van der Waals surface area contributed by atoms with Crippen LogP contribution in [0.1, 0.15) is 62.5 Å². The third-order valence-corrected chi connectivity index (χ3v) is 5.80. The van der Waals surface area contributed by atoms with Gasteiger partial charge in [-0.05, 0) is 66.9 Å². The van der Waals surface area contributed by atoms with Gasteiger partial charge in [0.25, 0.3) is 0 Å². The summed E-state index contributed by atoms with van der Waals surface area (Å²) in [6.45, 7) is 3.17. The van der Waals surface area contributed by atoms with Crippen LogP contribution in [0.3, 0.4) is 0 Å². The monoisotopic (exact) mass is 358 g/mol. The minimum Gasteiger partial charge on any atom is -0.434 e. The van der Waals surface area contributed by atoms with E-state index in [-0.39, 0.29) is 0 Å². The molecule has 26 heavy (non-hydrogen) atoms. The Labute approximate surface area is 155 Å². The van der Waals surface area contributed by atoms with Crippen molar-refractivity contribution < 1.29 is 13.5 Å². The summed E-state index contributed by atoms with van der Waals surface area (Å²) in [5.41, 5.74) is 2.14. The van der Waals surface area contributed by atoms with E-state index in [1.54, 1.807) is 6.08 Å². The molecule has 3 rings (SSSR count). The highest BCUT2D eigenvalue weighted by Crippen LogP contribution is 2.39. The molecule has 0 aromatic heterocycles. The van der Waals surface area contributed by atoms with Gasteiger partial charge in [0.15, 0.2) is 0 Å². The van der Waals surface area contributed by atoms with Gasteiger partial charge in [-0.3, -0.25) is 0 Å². The van der Waals surface area contributed by atoms with Crippen LogP contribution in [0.25, 0.3) is 10.8 Å². The van der Waals surface area contributed by atoms with Crippen molar-refractivity contribution in [2.24, 2.45) is 5.92 Å². The molecule has 0 spiro atoms. The smallest absolute Gasteiger partial charge is 0.387 e. The van der Waals surface area contributed by atoms with E-state index in [2.05, 4.69) is 25.6 Å². The fourth-order valence-electron chi connectivity index (χ4n) is 4.21. The van der Waals surface area contributed by atoms with Gasteiger partial charge in [0.1, 0.15) is 5.75 Å². The minimum atomic E-state index is -2.81. The highest BCUT2D eigenvalue weighted by atomic mass is 19.3. The summed E-state index contributed by atoms with van der Waals surface area (Å²) in [5, 5.41) is 1.76. The summed E-state index contributed by atoms with van der Waals surface area (Å²) >= 11 is 0. The number of halogens is 2. The molecule has 1 nitrogen and oxygen atoms in total. The molecule has 0 atom stereocenters. The standard InChI is InChI=1S/C23H28F2O/c1-3-5-6-18-11-12-20-15-19(17-9-7-16(4-2)8-10-17)13-14-21(20)22(18)26-23(24)25/h3,11-17,23H,1,4-10H2,2H3. The molecular weight excluding hydrogens is 330 g/mol. The second-order valence-electron chi connectivity index (χ2n) is 7.37. The predicted octanol–water partition coefficient (Wildman–Crippen LogP) is 7.24. The Bertz CT molecular complexity index is 745. The molecule has 2 aromatic carbocycles. The number of fused-ring (bicyclic) bond motifs is 1. The summed E-state index contributed by atoms with van der Waals surface area (Å²) in [6.07, 6.45) is 9.50. The van der Waals surface area contributed by atoms with Crippen LogP contribution in [-0.2, 0) is 6.42 Å². The Morgan fingerprint density at radius 3 is 2.58 bits per heavy atom. The number of allylic oxidation sites excluding steroid dienone is 1. The van der Waals surface area contributed by atoms with Crippen LogP contribution in [-0.4, -0.2) is 6.61 Å². The van der Waals surface area contributed by atoms with Crippen molar-refractivity contribution in [2.75, 3.05) is 0 Å². The summed E-state index contributed by atoms with van der Waals surface area (Å²) in [7, 11) is 0. The largest absolute Gasteiger partial charge is 0.434 e. The summed E-state index contributed by atoms with van der Waals surface area (Å²) < 4.78 is 30.8. The Balaban J connectivity index is 1.91. The third kappa shape index (κ3) is 4.25. The van der Waals surface area contributed by atoms with Crippen LogP contribution >= 0.6 is 0 Å². The molecule has 1 fully saturated rings. The van der Waals surface area contributed by atoms with Crippen molar-refractivity contribution in [1.29, 1.82) is 0 Å². The predicted molar refractivity (Wildman–Crippen MR) is 104 cm³/mol. The van der Waals surface area contributed by atoms with Gasteiger partial charge < -0.3 is 4.74 Å². The molecule has 2 aromatic rings. The van der Waals surface area contributed by atoms with E-state index in [0.717, 1.165) is 28.7 Å². The van der Waals surface area contributed by atoms with Gasteiger partial charge in [0, 0.05) is 5.39 Å². The second-order valence-corrected chi connectivity index (χ2v) is 7.37. The number of rotatable bonds is 7. The van der Waals surface area contributed by atoms with Gasteiger partial charge in [0.05, 0.1) is 0 Å². The first kappa shape index (κ1) is 18.9. The normalized spacial score (nSPS) is 20.5. The lowest BCUT2D eigenvalue weighted by Crippen LogP contribution is -2.12. The molecule has 1 aliphatic carbocycles. The number of aryl methyl sites for hydroxylation is 1. The molecule has 0 aliphatic heterocycles. The van der Waals surface area contributed by atoms with Gasteiger partial charge in [-0.2, -0.15) is 8.78 Å². The SMILES string of the molecule is C=CCCc1ccc2cc(C3CCC(CC)CC3)ccc2c1OC(F)F. The van der Waals surface area contributed by atoms with Gasteiger partial charge in [0.2, 0.25) is 0 Å². The van der Waals surface area contributed by atoms with Crippen LogP contribution in [0.2, 0.25) is 0 Å². The van der Waals surface area contributed by atoms with Crippen molar-refractivity contribution in [3.05, 3.63) is 54.1 Å². The quantitative estimate of drug-likeness (QED) is 0.474. The molecule has 140 valence electrons. The highest BCUT2D eigenvalue weighted by Gasteiger charge is 2.22. The maximum Gasteiger partial charge on any atom is 0.387 e. The molecule has 0 bridgehead atoms. The fraction of sp³-hybridized carbons (Fsp3) is 0.478. The number of hydrogen-bond donors (Lipinski definition) is 0. The Hall–Kier alpha value is -1.90. The van der Waals surface area contributed by atoms with Crippen LogP contribution in [0, 0.1) is 5.92 Å². The molecular formula is C23H28F2O. The average Bonchev–Trinajstić information content (AvgIpc) is 2.66. The highest BCUT2D eigenvalue weighted by molar-refractivity contribution is 5.90. The van der Waals surface area contributed by atoms with E-state index in [1.807, 2.05) is 18.2 Å². The van der Waals surface area contributed by atoms with E-state index in [4.69, 9.17) is 4.74 Å². The maximum atomic E-state index is 12.9. The van der Waals surface area contributed by atoms with Crippen molar-refractivity contribution in [2.45, 2.75) is 64.4 Å². The average molecular weight is 358 g/mol. The molecule has 0 N–H and O–H groups in total. The van der Waals surface area contributed by atoms with E-state index in [1.165, 1.54) is 37.7 Å². The van der Waals surface area contributed by atoms with Crippen molar-refractivity contribution in [1.82, 2.24) is 0 Å². The number of benzene rings is 2.